The third-order valence-electron chi connectivity index (χ3n) is 5.84. The van der Waals surface area contributed by atoms with Gasteiger partial charge < -0.3 is 15.3 Å². The molecule has 0 radical (unpaired) electrons. The van der Waals surface area contributed by atoms with Crippen molar-refractivity contribution < 1.29 is 69.2 Å². The maximum atomic E-state index is 10.6. The second kappa shape index (κ2) is 16.2. The molecular formula is C24H28F9N5O6. The first-order valence-electron chi connectivity index (χ1n) is 12.4. The summed E-state index contributed by atoms with van der Waals surface area (Å²) in [6.07, 6.45) is -7.64. The van der Waals surface area contributed by atoms with Crippen LogP contribution in [0.4, 0.5) is 39.5 Å². The van der Waals surface area contributed by atoms with Crippen LogP contribution in [0, 0.1) is 0 Å². The predicted octanol–water partition coefficient (Wildman–Crippen LogP) is 3.87. The zero-order valence-electron chi connectivity index (χ0n) is 22.9. The molecule has 2 aliphatic heterocycles. The summed E-state index contributed by atoms with van der Waals surface area (Å²) in [6, 6.07) is 4.17. The SMILES string of the molecule is Cn1nc(CN2CCCC2)c2c1CN(Cc1cccnc1)CC2.O=C(O)C(F)(F)F.O=C(O)C(F)(F)F.O=C(O)C(F)(F)F. The van der Waals surface area contributed by atoms with Gasteiger partial charge in [0.05, 0.1) is 11.4 Å². The van der Waals surface area contributed by atoms with Gasteiger partial charge in [-0.05, 0) is 44.0 Å². The van der Waals surface area contributed by atoms with Gasteiger partial charge in [-0.3, -0.25) is 19.5 Å². The van der Waals surface area contributed by atoms with Crippen LogP contribution >= 0.6 is 0 Å². The minimum absolute atomic E-state index is 0.972. The third kappa shape index (κ3) is 13.6. The molecule has 0 unspecified atom stereocenters. The van der Waals surface area contributed by atoms with E-state index >= 15 is 0 Å². The Kier molecular flexibility index (Phi) is 14.0. The molecular weight excluding hydrogens is 625 g/mol. The van der Waals surface area contributed by atoms with Gasteiger partial charge in [0.25, 0.3) is 0 Å². The first-order chi connectivity index (χ1) is 20.1. The zero-order chi connectivity index (χ0) is 33.9. The number of pyridine rings is 1. The van der Waals surface area contributed by atoms with Crippen LogP contribution in [0.3, 0.4) is 0 Å². The summed E-state index contributed by atoms with van der Waals surface area (Å²) in [5.74, 6) is -8.27. The summed E-state index contributed by atoms with van der Waals surface area (Å²) in [5, 5.41) is 26.2. The highest BCUT2D eigenvalue weighted by atomic mass is 19.4. The second-order valence-electron chi connectivity index (χ2n) is 9.21. The lowest BCUT2D eigenvalue weighted by molar-refractivity contribution is -0.193. The maximum absolute atomic E-state index is 10.6. The van der Waals surface area contributed by atoms with Gasteiger partial charge in [0, 0.05) is 51.2 Å². The van der Waals surface area contributed by atoms with E-state index in [-0.39, 0.29) is 0 Å². The Morgan fingerprint density at radius 2 is 1.27 bits per heavy atom. The molecule has 0 aliphatic carbocycles. The minimum Gasteiger partial charge on any atom is -0.475 e. The first-order valence-corrected chi connectivity index (χ1v) is 12.4. The predicted molar refractivity (Wildman–Crippen MR) is 131 cm³/mol. The standard InChI is InChI=1S/C18H25N5.3C2HF3O2/c1-21-18-14-23(12-15-5-4-7-19-11-15)10-6-16(18)17(20-21)13-22-8-2-3-9-22;3*3-2(4,5)1(6)7/h4-5,7,11H,2-3,6,8-10,12-14H2,1H3;3*(H,6,7). The lowest BCUT2D eigenvalue weighted by Gasteiger charge is -2.27. The number of carboxylic acid groups (broad SMARTS) is 3. The Bertz CT molecular complexity index is 1170. The Hall–Kier alpha value is -3.94. The zero-order valence-corrected chi connectivity index (χ0v) is 22.9. The molecule has 3 N–H and O–H groups in total. The van der Waals surface area contributed by atoms with Crippen molar-refractivity contribution in [3.63, 3.8) is 0 Å². The topological polar surface area (TPSA) is 149 Å². The molecule has 0 amide bonds. The number of halogens is 9. The maximum Gasteiger partial charge on any atom is 0.490 e. The molecule has 0 aromatic carbocycles. The van der Waals surface area contributed by atoms with Gasteiger partial charge in [-0.2, -0.15) is 44.6 Å². The van der Waals surface area contributed by atoms with Gasteiger partial charge in [0.2, 0.25) is 0 Å². The average Bonchev–Trinajstić information content (AvgIpc) is 3.52. The van der Waals surface area contributed by atoms with E-state index < -0.39 is 36.4 Å². The van der Waals surface area contributed by atoms with Gasteiger partial charge in [-0.25, -0.2) is 14.4 Å². The molecule has 1 saturated heterocycles. The number of aromatic nitrogens is 3. The van der Waals surface area contributed by atoms with E-state index in [2.05, 4.69) is 32.6 Å². The summed E-state index contributed by atoms with van der Waals surface area (Å²) in [7, 11) is 2.10. The summed E-state index contributed by atoms with van der Waals surface area (Å²) >= 11 is 0. The Labute approximate surface area is 243 Å². The quantitative estimate of drug-likeness (QED) is 0.416. The molecule has 248 valence electrons. The number of fused-ring (bicyclic) bond motifs is 1. The van der Waals surface area contributed by atoms with Crippen molar-refractivity contribution in [2.24, 2.45) is 7.05 Å². The first kappa shape index (κ1) is 38.1. The average molecular weight is 653 g/mol. The molecule has 4 heterocycles. The van der Waals surface area contributed by atoms with Crippen molar-refractivity contribution in [2.45, 2.75) is 57.4 Å². The number of nitrogens with zero attached hydrogens (tertiary/aromatic N) is 5. The molecule has 0 bridgehead atoms. The number of hydrogen-bond acceptors (Lipinski definition) is 7. The van der Waals surface area contributed by atoms with Crippen LogP contribution in [-0.4, -0.2) is 96.0 Å². The monoisotopic (exact) mass is 653 g/mol. The number of carbonyl (C=O) groups is 3. The van der Waals surface area contributed by atoms with Crippen molar-refractivity contribution in [1.82, 2.24) is 24.6 Å². The molecule has 0 atom stereocenters. The fourth-order valence-electron chi connectivity index (χ4n) is 3.88. The Morgan fingerprint density at radius 3 is 1.68 bits per heavy atom. The molecule has 4 rings (SSSR count). The minimum atomic E-state index is -5.08. The van der Waals surface area contributed by atoms with Crippen LogP contribution in [0.15, 0.2) is 24.5 Å². The number of hydrogen-bond donors (Lipinski definition) is 3. The highest BCUT2D eigenvalue weighted by Gasteiger charge is 2.39. The molecule has 11 nitrogen and oxygen atoms in total. The van der Waals surface area contributed by atoms with Crippen molar-refractivity contribution in [1.29, 1.82) is 0 Å². The molecule has 2 aromatic rings. The molecule has 0 spiro atoms. The molecule has 1 fully saturated rings. The van der Waals surface area contributed by atoms with E-state index in [4.69, 9.17) is 34.8 Å². The molecule has 0 saturated carbocycles. The van der Waals surface area contributed by atoms with Gasteiger partial charge in [-0.1, -0.05) is 6.07 Å². The van der Waals surface area contributed by atoms with Crippen LogP contribution in [0.25, 0.3) is 0 Å². The van der Waals surface area contributed by atoms with Crippen molar-refractivity contribution in [3.05, 3.63) is 47.0 Å². The van der Waals surface area contributed by atoms with Gasteiger partial charge in [0.15, 0.2) is 0 Å². The van der Waals surface area contributed by atoms with Crippen LogP contribution in [-0.2, 0) is 47.5 Å². The van der Waals surface area contributed by atoms with Crippen LogP contribution in [0.1, 0.15) is 35.4 Å². The van der Waals surface area contributed by atoms with E-state index in [9.17, 15) is 39.5 Å². The molecule has 2 aliphatic rings. The number of carboxylic acids is 3. The number of alkyl halides is 9. The number of likely N-dealkylation sites (tertiary alicyclic amines) is 1. The fraction of sp³-hybridized carbons (Fsp3) is 0.542. The molecule has 20 heteroatoms. The molecule has 2 aromatic heterocycles. The number of rotatable bonds is 4. The smallest absolute Gasteiger partial charge is 0.475 e. The van der Waals surface area contributed by atoms with Crippen molar-refractivity contribution >= 4 is 17.9 Å². The highest BCUT2D eigenvalue weighted by Crippen LogP contribution is 2.25. The van der Waals surface area contributed by atoms with Crippen molar-refractivity contribution in [3.8, 4) is 0 Å². The fourth-order valence-corrected chi connectivity index (χ4v) is 3.88. The van der Waals surface area contributed by atoms with Gasteiger partial charge in [0.1, 0.15) is 0 Å². The van der Waals surface area contributed by atoms with E-state index in [0.29, 0.717) is 0 Å². The van der Waals surface area contributed by atoms with E-state index in [1.165, 1.54) is 48.4 Å². The van der Waals surface area contributed by atoms with E-state index in [1.54, 1.807) is 0 Å². The molecule has 44 heavy (non-hydrogen) atoms. The Morgan fingerprint density at radius 1 is 0.795 bits per heavy atom. The number of aryl methyl sites for hydroxylation is 1. The normalized spacial score (nSPS) is 15.4. The third-order valence-corrected chi connectivity index (χ3v) is 5.84. The largest absolute Gasteiger partial charge is 0.490 e. The lowest BCUT2D eigenvalue weighted by Crippen LogP contribution is -2.31. The summed E-state index contributed by atoms with van der Waals surface area (Å²) in [4.78, 5) is 36.0. The summed E-state index contributed by atoms with van der Waals surface area (Å²) in [5.41, 5.74) is 5.50. The highest BCUT2D eigenvalue weighted by molar-refractivity contribution is 5.73. The van der Waals surface area contributed by atoms with Crippen molar-refractivity contribution in [2.75, 3.05) is 19.6 Å². The van der Waals surface area contributed by atoms with Crippen LogP contribution < -0.4 is 0 Å². The number of aliphatic carboxylic acids is 3. The second-order valence-corrected chi connectivity index (χ2v) is 9.21. The van der Waals surface area contributed by atoms with Gasteiger partial charge >= 0.3 is 36.4 Å². The van der Waals surface area contributed by atoms with E-state index in [1.807, 2.05) is 18.5 Å². The van der Waals surface area contributed by atoms with Crippen LogP contribution in [0.5, 0.6) is 0 Å². The van der Waals surface area contributed by atoms with Crippen LogP contribution in [0.2, 0.25) is 0 Å². The van der Waals surface area contributed by atoms with Gasteiger partial charge in [-0.15, -0.1) is 0 Å². The summed E-state index contributed by atoms with van der Waals surface area (Å²) < 4.78 is 97.3. The summed E-state index contributed by atoms with van der Waals surface area (Å²) in [6.45, 7) is 6.58. The Balaban J connectivity index is 0.000000379. The lowest BCUT2D eigenvalue weighted by atomic mass is 10.0. The van der Waals surface area contributed by atoms with E-state index in [0.717, 1.165) is 32.6 Å².